The Bertz CT molecular complexity index is 549. The molecule has 4 nitrogen and oxygen atoms in total. The Morgan fingerprint density at radius 1 is 1.40 bits per heavy atom. The molecular formula is C14H21ClN4S. The lowest BCUT2D eigenvalue weighted by Crippen LogP contribution is -2.26. The maximum absolute atomic E-state index is 6.38. The Labute approximate surface area is 129 Å². The van der Waals surface area contributed by atoms with Crippen molar-refractivity contribution in [2.24, 2.45) is 0 Å². The minimum absolute atomic E-state index is 0.0731. The van der Waals surface area contributed by atoms with Crippen molar-refractivity contribution in [3.8, 4) is 0 Å². The monoisotopic (exact) mass is 312 g/mol. The number of aromatic nitrogens is 3. The minimum atomic E-state index is 0.0731. The van der Waals surface area contributed by atoms with Gasteiger partial charge in [0.15, 0.2) is 0 Å². The fraction of sp³-hybridized carbons (Fsp3) is 0.571. The molecular weight excluding hydrogens is 292 g/mol. The second-order valence-corrected chi connectivity index (χ2v) is 6.08. The summed E-state index contributed by atoms with van der Waals surface area (Å²) in [5, 5.41) is 8.70. The summed E-state index contributed by atoms with van der Waals surface area (Å²) < 4.78 is 2.01. The largest absolute Gasteiger partial charge is 0.304 e. The number of halogens is 1. The fourth-order valence-electron chi connectivity index (χ4n) is 2.24. The van der Waals surface area contributed by atoms with Crippen LogP contribution >= 0.6 is 22.9 Å². The molecule has 0 aliphatic rings. The topological polar surface area (TPSA) is 42.7 Å². The zero-order valence-corrected chi connectivity index (χ0v) is 13.8. The number of hydrogen-bond acceptors (Lipinski definition) is 4. The maximum atomic E-state index is 6.38. The minimum Gasteiger partial charge on any atom is -0.304 e. The Balaban J connectivity index is 2.41. The number of thiazole rings is 1. The van der Waals surface area contributed by atoms with E-state index in [9.17, 15) is 0 Å². The van der Waals surface area contributed by atoms with Gasteiger partial charge in [0.05, 0.1) is 39.0 Å². The van der Waals surface area contributed by atoms with Gasteiger partial charge in [0.1, 0.15) is 0 Å². The Morgan fingerprint density at radius 3 is 2.80 bits per heavy atom. The van der Waals surface area contributed by atoms with Crippen molar-refractivity contribution in [2.75, 3.05) is 6.54 Å². The molecule has 0 radical (unpaired) electrons. The zero-order valence-electron chi connectivity index (χ0n) is 12.2. The molecule has 2 aromatic heterocycles. The molecule has 1 unspecified atom stereocenters. The fourth-order valence-corrected chi connectivity index (χ4v) is 3.37. The van der Waals surface area contributed by atoms with Crippen LogP contribution in [0.3, 0.4) is 0 Å². The van der Waals surface area contributed by atoms with Crippen molar-refractivity contribution < 1.29 is 0 Å². The Morgan fingerprint density at radius 2 is 2.20 bits per heavy atom. The van der Waals surface area contributed by atoms with Crippen LogP contribution in [-0.4, -0.2) is 21.3 Å². The number of nitrogens with zero attached hydrogens (tertiary/aromatic N) is 3. The van der Waals surface area contributed by atoms with E-state index >= 15 is 0 Å². The molecule has 6 heteroatoms. The lowest BCUT2D eigenvalue weighted by atomic mass is 10.1. The average molecular weight is 313 g/mol. The van der Waals surface area contributed by atoms with Gasteiger partial charge in [0, 0.05) is 6.54 Å². The molecule has 0 saturated heterocycles. The highest BCUT2D eigenvalue weighted by Crippen LogP contribution is 2.32. The van der Waals surface area contributed by atoms with Gasteiger partial charge in [-0.15, -0.1) is 11.3 Å². The van der Waals surface area contributed by atoms with Gasteiger partial charge in [-0.2, -0.15) is 5.10 Å². The molecule has 2 aromatic rings. The maximum Gasteiger partial charge on any atom is 0.0876 e. The molecule has 1 atom stereocenters. The number of hydrogen-bond donors (Lipinski definition) is 1. The third-order valence-electron chi connectivity index (χ3n) is 3.19. The summed E-state index contributed by atoms with van der Waals surface area (Å²) in [7, 11) is 0. The SMILES string of the molecule is CCCNC(c1scnc1C)c1c(Cl)cnn1CCC. The lowest BCUT2D eigenvalue weighted by Gasteiger charge is -2.20. The van der Waals surface area contributed by atoms with Gasteiger partial charge in [-0.05, 0) is 26.3 Å². The molecule has 20 heavy (non-hydrogen) atoms. The molecule has 0 bridgehead atoms. The van der Waals surface area contributed by atoms with Crippen LogP contribution in [0, 0.1) is 6.92 Å². The van der Waals surface area contributed by atoms with Crippen molar-refractivity contribution in [3.63, 3.8) is 0 Å². The van der Waals surface area contributed by atoms with Gasteiger partial charge < -0.3 is 5.32 Å². The molecule has 110 valence electrons. The van der Waals surface area contributed by atoms with Crippen LogP contribution in [0.25, 0.3) is 0 Å². The summed E-state index contributed by atoms with van der Waals surface area (Å²) in [5.74, 6) is 0. The Kier molecular flexibility index (Phi) is 5.57. The van der Waals surface area contributed by atoms with Crippen molar-refractivity contribution in [2.45, 2.75) is 46.2 Å². The van der Waals surface area contributed by atoms with E-state index in [1.807, 2.05) is 17.1 Å². The first-order valence-electron chi connectivity index (χ1n) is 7.03. The van der Waals surface area contributed by atoms with Crippen molar-refractivity contribution in [3.05, 3.63) is 33.0 Å². The van der Waals surface area contributed by atoms with E-state index in [1.165, 1.54) is 4.88 Å². The number of nitrogens with one attached hydrogen (secondary N) is 1. The van der Waals surface area contributed by atoms with Gasteiger partial charge in [0.25, 0.3) is 0 Å². The smallest absolute Gasteiger partial charge is 0.0876 e. The quantitative estimate of drug-likeness (QED) is 0.845. The Hall–Kier alpha value is -0.910. The first kappa shape index (κ1) is 15.5. The molecule has 0 spiro atoms. The summed E-state index contributed by atoms with van der Waals surface area (Å²) in [6.07, 6.45) is 3.85. The van der Waals surface area contributed by atoms with Gasteiger partial charge in [-0.1, -0.05) is 25.4 Å². The highest BCUT2D eigenvalue weighted by atomic mass is 35.5. The summed E-state index contributed by atoms with van der Waals surface area (Å²) in [4.78, 5) is 5.59. The first-order chi connectivity index (χ1) is 9.69. The van der Waals surface area contributed by atoms with Gasteiger partial charge in [-0.25, -0.2) is 4.98 Å². The third kappa shape index (κ3) is 3.22. The standard InChI is InChI=1S/C14H21ClN4S/c1-4-6-16-12(14-10(3)17-9-20-14)13-11(15)8-18-19(13)7-5-2/h8-9,12,16H,4-7H2,1-3H3. The second kappa shape index (κ2) is 7.20. The molecule has 2 heterocycles. The van der Waals surface area contributed by atoms with E-state index in [-0.39, 0.29) is 6.04 Å². The van der Waals surface area contributed by atoms with E-state index in [0.717, 1.165) is 42.3 Å². The third-order valence-corrected chi connectivity index (χ3v) is 4.47. The molecule has 0 saturated carbocycles. The highest BCUT2D eigenvalue weighted by molar-refractivity contribution is 7.09. The summed E-state index contributed by atoms with van der Waals surface area (Å²) in [5.41, 5.74) is 4.00. The predicted octanol–water partition coefficient (Wildman–Crippen LogP) is 3.80. The van der Waals surface area contributed by atoms with Crippen LogP contribution in [0.5, 0.6) is 0 Å². The van der Waals surface area contributed by atoms with Crippen molar-refractivity contribution in [1.29, 1.82) is 0 Å². The molecule has 0 aromatic carbocycles. The van der Waals surface area contributed by atoms with Crippen LogP contribution in [-0.2, 0) is 6.54 Å². The normalized spacial score (nSPS) is 12.8. The number of rotatable bonds is 7. The van der Waals surface area contributed by atoms with Crippen LogP contribution < -0.4 is 5.32 Å². The molecule has 2 rings (SSSR count). The highest BCUT2D eigenvalue weighted by Gasteiger charge is 2.24. The summed E-state index contributed by atoms with van der Waals surface area (Å²) in [6, 6.07) is 0.0731. The van der Waals surface area contributed by atoms with Crippen molar-refractivity contribution in [1.82, 2.24) is 20.1 Å². The van der Waals surface area contributed by atoms with Crippen LogP contribution in [0.2, 0.25) is 5.02 Å². The van der Waals surface area contributed by atoms with E-state index in [2.05, 4.69) is 29.2 Å². The number of aryl methyl sites for hydroxylation is 2. The first-order valence-corrected chi connectivity index (χ1v) is 8.29. The molecule has 0 amide bonds. The predicted molar refractivity (Wildman–Crippen MR) is 84.5 cm³/mol. The molecule has 0 aliphatic heterocycles. The van der Waals surface area contributed by atoms with Crippen LogP contribution in [0.15, 0.2) is 11.7 Å². The second-order valence-electron chi connectivity index (χ2n) is 4.79. The average Bonchev–Trinajstić information content (AvgIpc) is 3.00. The van der Waals surface area contributed by atoms with Gasteiger partial charge >= 0.3 is 0 Å². The molecule has 1 N–H and O–H groups in total. The van der Waals surface area contributed by atoms with E-state index in [1.54, 1.807) is 17.5 Å². The van der Waals surface area contributed by atoms with Crippen molar-refractivity contribution >= 4 is 22.9 Å². The van der Waals surface area contributed by atoms with Gasteiger partial charge in [0.2, 0.25) is 0 Å². The van der Waals surface area contributed by atoms with Crippen LogP contribution in [0.4, 0.5) is 0 Å². The van der Waals surface area contributed by atoms with E-state index in [4.69, 9.17) is 11.6 Å². The zero-order chi connectivity index (χ0) is 14.5. The van der Waals surface area contributed by atoms with E-state index < -0.39 is 0 Å². The van der Waals surface area contributed by atoms with Crippen LogP contribution in [0.1, 0.15) is 49.0 Å². The summed E-state index contributed by atoms with van der Waals surface area (Å²) in [6.45, 7) is 8.17. The lowest BCUT2D eigenvalue weighted by molar-refractivity contribution is 0.514. The molecule has 0 fully saturated rings. The van der Waals surface area contributed by atoms with E-state index in [0.29, 0.717) is 0 Å². The molecule has 0 aliphatic carbocycles. The summed E-state index contributed by atoms with van der Waals surface area (Å²) >= 11 is 8.05. The van der Waals surface area contributed by atoms with Gasteiger partial charge in [-0.3, -0.25) is 4.68 Å².